The van der Waals surface area contributed by atoms with Crippen LogP contribution in [0.5, 0.6) is 5.75 Å². The van der Waals surface area contributed by atoms with E-state index >= 15 is 0 Å². The van der Waals surface area contributed by atoms with Gasteiger partial charge in [0.05, 0.1) is 12.7 Å². The van der Waals surface area contributed by atoms with E-state index in [4.69, 9.17) is 9.47 Å². The number of esters is 1. The smallest absolute Gasteiger partial charge is 0.308 e. The topological polar surface area (TPSA) is 35.5 Å². The summed E-state index contributed by atoms with van der Waals surface area (Å²) >= 11 is 0. The number of hydrogen-bond donors (Lipinski definition) is 0. The number of carbonyl (C=O) groups excluding carboxylic acids is 1. The number of fused-ring (bicyclic) bond motifs is 2. The highest BCUT2D eigenvalue weighted by molar-refractivity contribution is 5.69. The molecule has 0 radical (unpaired) electrons. The highest BCUT2D eigenvalue weighted by atomic mass is 16.5. The summed E-state index contributed by atoms with van der Waals surface area (Å²) < 4.78 is 11.3. The van der Waals surface area contributed by atoms with Crippen molar-refractivity contribution in [2.24, 2.45) is 23.7 Å². The van der Waals surface area contributed by atoms with Gasteiger partial charge in [-0.3, -0.25) is 4.79 Å². The summed E-state index contributed by atoms with van der Waals surface area (Å²) in [6.07, 6.45) is 2.51. The van der Waals surface area contributed by atoms with Crippen molar-refractivity contribution < 1.29 is 14.3 Å². The van der Waals surface area contributed by atoms with Crippen LogP contribution in [0.3, 0.4) is 0 Å². The predicted molar refractivity (Wildman–Crippen MR) is 85.5 cm³/mol. The second kappa shape index (κ2) is 5.88. The number of hydrogen-bond acceptors (Lipinski definition) is 3. The van der Waals surface area contributed by atoms with Gasteiger partial charge in [0.1, 0.15) is 5.75 Å². The van der Waals surface area contributed by atoms with Crippen molar-refractivity contribution in [1.82, 2.24) is 0 Å². The van der Waals surface area contributed by atoms with Gasteiger partial charge in [-0.2, -0.15) is 0 Å². The number of allylic oxidation sites excluding steroid dienone is 1. The van der Waals surface area contributed by atoms with Crippen LogP contribution >= 0.6 is 0 Å². The number of rotatable bonds is 2. The number of benzene rings is 1. The van der Waals surface area contributed by atoms with E-state index in [9.17, 15) is 4.79 Å². The fraction of sp³-hybridized carbons (Fsp3) is 0.526. The quantitative estimate of drug-likeness (QED) is 0.467. The Morgan fingerprint density at radius 1 is 1.23 bits per heavy atom. The maximum absolute atomic E-state index is 11.0. The fourth-order valence-electron chi connectivity index (χ4n) is 4.14. The van der Waals surface area contributed by atoms with E-state index in [1.165, 1.54) is 12.5 Å². The van der Waals surface area contributed by atoms with Gasteiger partial charge in [-0.15, -0.1) is 0 Å². The molecule has 0 N–H and O–H groups in total. The second-order valence-electron chi connectivity index (χ2n) is 6.74. The molecule has 3 heteroatoms. The van der Waals surface area contributed by atoms with E-state index in [1.54, 1.807) is 0 Å². The van der Waals surface area contributed by atoms with Crippen molar-refractivity contribution in [3.05, 3.63) is 41.5 Å². The van der Waals surface area contributed by atoms with Crippen LogP contribution in [0.25, 0.3) is 0 Å². The van der Waals surface area contributed by atoms with E-state index < -0.39 is 0 Å². The molecule has 0 unspecified atom stereocenters. The summed E-state index contributed by atoms with van der Waals surface area (Å²) in [5.74, 6) is 2.57. The van der Waals surface area contributed by atoms with E-state index in [1.807, 2.05) is 24.3 Å². The Morgan fingerprint density at radius 2 is 1.91 bits per heavy atom. The maximum atomic E-state index is 11.0. The zero-order valence-electron chi connectivity index (χ0n) is 13.7. The number of ether oxygens (including phenoxy) is 2. The van der Waals surface area contributed by atoms with Crippen molar-refractivity contribution in [3.63, 3.8) is 0 Å². The molecular formula is C19H24O3. The second-order valence-corrected chi connectivity index (χ2v) is 6.74. The van der Waals surface area contributed by atoms with Gasteiger partial charge in [0.25, 0.3) is 0 Å². The Kier molecular flexibility index (Phi) is 4.09. The van der Waals surface area contributed by atoms with E-state index in [-0.39, 0.29) is 12.1 Å². The largest absolute Gasteiger partial charge is 0.427 e. The minimum absolute atomic E-state index is 0.0985. The molecule has 5 atom stereocenters. The summed E-state index contributed by atoms with van der Waals surface area (Å²) in [5.41, 5.74) is 2.60. The molecule has 2 bridgehead atoms. The molecule has 22 heavy (non-hydrogen) atoms. The van der Waals surface area contributed by atoms with Crippen molar-refractivity contribution in [2.75, 3.05) is 6.61 Å². The highest BCUT2D eigenvalue weighted by Gasteiger charge is 2.43. The molecule has 1 heterocycles. The van der Waals surface area contributed by atoms with Crippen LogP contribution in [0.1, 0.15) is 39.4 Å². The number of carbonyl (C=O) groups is 1. The molecule has 1 aromatic carbocycles. The normalized spacial score (nSPS) is 34.0. The van der Waals surface area contributed by atoms with E-state index in [2.05, 4.69) is 26.8 Å². The molecule has 3 rings (SSSR count). The van der Waals surface area contributed by atoms with Gasteiger partial charge in [-0.05, 0) is 42.4 Å². The van der Waals surface area contributed by atoms with Crippen molar-refractivity contribution in [1.29, 1.82) is 0 Å². The summed E-state index contributed by atoms with van der Waals surface area (Å²) in [5, 5.41) is 0. The molecule has 1 aromatic rings. The molecule has 0 saturated carbocycles. The van der Waals surface area contributed by atoms with E-state index in [0.717, 1.165) is 12.2 Å². The average molecular weight is 300 g/mol. The van der Waals surface area contributed by atoms with Crippen molar-refractivity contribution in [3.8, 4) is 5.75 Å². The summed E-state index contributed by atoms with van der Waals surface area (Å²) in [4.78, 5) is 11.0. The third-order valence-electron chi connectivity index (χ3n) is 5.23. The molecule has 118 valence electrons. The zero-order chi connectivity index (χ0) is 15.9. The highest BCUT2D eigenvalue weighted by Crippen LogP contribution is 2.49. The van der Waals surface area contributed by atoms with Gasteiger partial charge in [0.15, 0.2) is 0 Å². The Balaban J connectivity index is 1.86. The molecule has 1 fully saturated rings. The minimum Gasteiger partial charge on any atom is -0.427 e. The van der Waals surface area contributed by atoms with Crippen LogP contribution in [0.4, 0.5) is 0 Å². The Labute approximate surface area is 132 Å². The molecule has 0 aromatic heterocycles. The Morgan fingerprint density at radius 3 is 2.55 bits per heavy atom. The first kappa shape index (κ1) is 15.3. The summed E-state index contributed by atoms with van der Waals surface area (Å²) in [7, 11) is 0. The van der Waals surface area contributed by atoms with Crippen LogP contribution < -0.4 is 4.74 Å². The monoisotopic (exact) mass is 300 g/mol. The molecule has 1 aliphatic carbocycles. The van der Waals surface area contributed by atoms with Gasteiger partial charge in [-0.1, -0.05) is 37.6 Å². The lowest BCUT2D eigenvalue weighted by molar-refractivity contribution is -0.131. The standard InChI is InChI=1S/C19H24O3/c1-11-9-12(2)18-13(3)17(11)10-21-19(18)15-5-7-16(8-6-15)22-14(4)20/h5-9,11,13,17-19H,10H2,1-4H3/t11-,13-,17+,18-,19-/m0/s1. The molecule has 0 spiro atoms. The molecule has 1 aliphatic heterocycles. The van der Waals surface area contributed by atoms with Crippen LogP contribution in [-0.2, 0) is 9.53 Å². The summed E-state index contributed by atoms with van der Waals surface area (Å²) in [6.45, 7) is 9.10. The maximum Gasteiger partial charge on any atom is 0.308 e. The predicted octanol–water partition coefficient (Wildman–Crippen LogP) is 4.15. The first-order chi connectivity index (χ1) is 10.5. The summed E-state index contributed by atoms with van der Waals surface area (Å²) in [6, 6.07) is 7.73. The van der Waals surface area contributed by atoms with Crippen molar-refractivity contribution in [2.45, 2.75) is 33.8 Å². The zero-order valence-corrected chi connectivity index (χ0v) is 13.7. The molecule has 0 amide bonds. The van der Waals surface area contributed by atoms with Gasteiger partial charge < -0.3 is 9.47 Å². The third-order valence-corrected chi connectivity index (χ3v) is 5.23. The van der Waals surface area contributed by atoms with Crippen LogP contribution in [0.15, 0.2) is 35.9 Å². The van der Waals surface area contributed by atoms with Gasteiger partial charge in [-0.25, -0.2) is 0 Å². The first-order valence-corrected chi connectivity index (χ1v) is 8.05. The Bertz CT molecular complexity index is 587. The van der Waals surface area contributed by atoms with Crippen LogP contribution in [0, 0.1) is 23.7 Å². The lowest BCUT2D eigenvalue weighted by Crippen LogP contribution is -2.42. The third kappa shape index (κ3) is 2.70. The average Bonchev–Trinajstić information content (AvgIpc) is 2.45. The lowest BCUT2D eigenvalue weighted by atomic mass is 9.64. The first-order valence-electron chi connectivity index (χ1n) is 8.05. The Hall–Kier alpha value is -1.61. The van der Waals surface area contributed by atoms with Crippen LogP contribution in [-0.4, -0.2) is 12.6 Å². The SMILES string of the molecule is CC(=O)Oc1ccc([C@@H]2OC[C@H]3[C@H](C)[C@@H]2C(C)=C[C@@H]3C)cc1. The van der Waals surface area contributed by atoms with E-state index in [0.29, 0.717) is 29.4 Å². The fourth-order valence-corrected chi connectivity index (χ4v) is 4.14. The minimum atomic E-state index is -0.293. The van der Waals surface area contributed by atoms with Gasteiger partial charge in [0, 0.05) is 12.8 Å². The van der Waals surface area contributed by atoms with Crippen molar-refractivity contribution >= 4 is 5.97 Å². The lowest BCUT2D eigenvalue weighted by Gasteiger charge is -2.47. The molecule has 1 saturated heterocycles. The van der Waals surface area contributed by atoms with Crippen LogP contribution in [0.2, 0.25) is 0 Å². The van der Waals surface area contributed by atoms with Gasteiger partial charge >= 0.3 is 5.97 Å². The molecule has 2 aliphatic rings. The molecular weight excluding hydrogens is 276 g/mol. The molecule has 3 nitrogen and oxygen atoms in total. The van der Waals surface area contributed by atoms with Gasteiger partial charge in [0.2, 0.25) is 0 Å².